The second-order valence-corrected chi connectivity index (χ2v) is 4.42. The van der Waals surface area contributed by atoms with E-state index in [4.69, 9.17) is 5.26 Å². The first-order valence-electron chi connectivity index (χ1n) is 6.19. The van der Waals surface area contributed by atoms with Crippen molar-refractivity contribution in [2.75, 3.05) is 13.6 Å². The molecule has 6 nitrogen and oxygen atoms in total. The Labute approximate surface area is 115 Å². The van der Waals surface area contributed by atoms with Gasteiger partial charge >= 0.3 is 0 Å². The summed E-state index contributed by atoms with van der Waals surface area (Å²) >= 11 is 0. The lowest BCUT2D eigenvalue weighted by Crippen LogP contribution is -2.35. The number of rotatable bonds is 4. The fourth-order valence-corrected chi connectivity index (χ4v) is 1.83. The fourth-order valence-electron chi connectivity index (χ4n) is 1.83. The Morgan fingerprint density at radius 3 is 2.95 bits per heavy atom. The SMILES string of the molecule is CN(CCC#N)C(=O)Cn1ncc2ccccc2c1=O. The summed E-state index contributed by atoms with van der Waals surface area (Å²) < 4.78 is 1.15. The van der Waals surface area contributed by atoms with Crippen LogP contribution in [0.1, 0.15) is 6.42 Å². The highest BCUT2D eigenvalue weighted by Gasteiger charge is 2.12. The van der Waals surface area contributed by atoms with Crippen molar-refractivity contribution in [3.8, 4) is 6.07 Å². The van der Waals surface area contributed by atoms with E-state index in [9.17, 15) is 9.59 Å². The summed E-state index contributed by atoms with van der Waals surface area (Å²) in [6.45, 7) is 0.225. The highest BCUT2D eigenvalue weighted by Crippen LogP contribution is 2.06. The first kappa shape index (κ1) is 13.7. The van der Waals surface area contributed by atoms with Crippen molar-refractivity contribution in [3.63, 3.8) is 0 Å². The third-order valence-electron chi connectivity index (χ3n) is 3.03. The zero-order chi connectivity index (χ0) is 14.5. The molecule has 0 aliphatic rings. The minimum Gasteiger partial charge on any atom is -0.343 e. The number of hydrogen-bond donors (Lipinski definition) is 0. The molecule has 0 unspecified atom stereocenters. The van der Waals surface area contributed by atoms with E-state index in [2.05, 4.69) is 5.10 Å². The molecule has 2 aromatic rings. The summed E-state index contributed by atoms with van der Waals surface area (Å²) in [7, 11) is 1.60. The van der Waals surface area contributed by atoms with Crippen LogP contribution in [0.15, 0.2) is 35.3 Å². The van der Waals surface area contributed by atoms with E-state index in [1.165, 1.54) is 4.90 Å². The van der Waals surface area contributed by atoms with E-state index in [1.54, 1.807) is 31.4 Å². The summed E-state index contributed by atoms with van der Waals surface area (Å²) in [6.07, 6.45) is 1.83. The molecule has 0 saturated carbocycles. The molecule has 0 spiro atoms. The second kappa shape index (κ2) is 5.97. The molecule has 1 aromatic heterocycles. The molecule has 6 heteroatoms. The maximum absolute atomic E-state index is 12.2. The first-order chi connectivity index (χ1) is 9.63. The van der Waals surface area contributed by atoms with Gasteiger partial charge in [0.1, 0.15) is 6.54 Å². The van der Waals surface area contributed by atoms with Crippen LogP contribution >= 0.6 is 0 Å². The van der Waals surface area contributed by atoms with Crippen LogP contribution in [0.25, 0.3) is 10.8 Å². The van der Waals surface area contributed by atoms with Gasteiger partial charge in [-0.1, -0.05) is 18.2 Å². The smallest absolute Gasteiger partial charge is 0.275 e. The summed E-state index contributed by atoms with van der Waals surface area (Å²) in [6, 6.07) is 9.08. The predicted molar refractivity (Wildman–Crippen MR) is 73.9 cm³/mol. The second-order valence-electron chi connectivity index (χ2n) is 4.42. The number of nitrogens with zero attached hydrogens (tertiary/aromatic N) is 4. The Morgan fingerprint density at radius 1 is 1.45 bits per heavy atom. The number of nitriles is 1. The number of carbonyl (C=O) groups excluding carboxylic acids is 1. The van der Waals surface area contributed by atoms with Crippen LogP contribution in [-0.4, -0.2) is 34.2 Å². The normalized spacial score (nSPS) is 10.2. The number of fused-ring (bicyclic) bond motifs is 1. The van der Waals surface area contributed by atoms with Crippen molar-refractivity contribution in [1.82, 2.24) is 14.7 Å². The van der Waals surface area contributed by atoms with Gasteiger partial charge in [-0.15, -0.1) is 0 Å². The standard InChI is InChI=1S/C14H14N4O2/c1-17(8-4-7-15)13(19)10-18-14(20)12-6-3-2-5-11(12)9-16-18/h2-3,5-6,9H,4,8,10H2,1H3. The molecule has 1 heterocycles. The van der Waals surface area contributed by atoms with E-state index in [0.717, 1.165) is 10.1 Å². The maximum Gasteiger partial charge on any atom is 0.275 e. The third-order valence-corrected chi connectivity index (χ3v) is 3.03. The van der Waals surface area contributed by atoms with Crippen molar-refractivity contribution in [1.29, 1.82) is 5.26 Å². The van der Waals surface area contributed by atoms with Crippen LogP contribution in [0.5, 0.6) is 0 Å². The quantitative estimate of drug-likeness (QED) is 0.822. The zero-order valence-electron chi connectivity index (χ0n) is 11.1. The van der Waals surface area contributed by atoms with Gasteiger partial charge in [-0.3, -0.25) is 9.59 Å². The van der Waals surface area contributed by atoms with Crippen LogP contribution in [0.4, 0.5) is 0 Å². The molecule has 1 amide bonds. The Bertz CT molecular complexity index is 730. The zero-order valence-corrected chi connectivity index (χ0v) is 11.1. The minimum absolute atomic E-state index is 0.119. The van der Waals surface area contributed by atoms with Crippen LogP contribution in [0, 0.1) is 11.3 Å². The number of aromatic nitrogens is 2. The summed E-state index contributed by atoms with van der Waals surface area (Å²) in [5.41, 5.74) is -0.287. The molecular weight excluding hydrogens is 256 g/mol. The van der Waals surface area contributed by atoms with Gasteiger partial charge in [-0.05, 0) is 6.07 Å². The summed E-state index contributed by atoms with van der Waals surface area (Å²) in [4.78, 5) is 25.5. The molecule has 102 valence electrons. The lowest BCUT2D eigenvalue weighted by Gasteiger charge is -2.15. The van der Waals surface area contributed by atoms with Crippen molar-refractivity contribution < 1.29 is 4.79 Å². The van der Waals surface area contributed by atoms with Crippen LogP contribution in [0.2, 0.25) is 0 Å². The number of hydrogen-bond acceptors (Lipinski definition) is 4. The molecule has 0 N–H and O–H groups in total. The van der Waals surface area contributed by atoms with E-state index < -0.39 is 0 Å². The molecule has 0 aliphatic carbocycles. The number of likely N-dealkylation sites (N-methyl/N-ethyl adjacent to an activating group) is 1. The number of carbonyl (C=O) groups is 1. The number of amides is 1. The highest BCUT2D eigenvalue weighted by molar-refractivity contribution is 5.81. The molecule has 1 aromatic carbocycles. The van der Waals surface area contributed by atoms with E-state index in [1.807, 2.05) is 12.1 Å². The van der Waals surface area contributed by atoms with Crippen LogP contribution in [0.3, 0.4) is 0 Å². The van der Waals surface area contributed by atoms with E-state index >= 15 is 0 Å². The molecule has 2 rings (SSSR count). The van der Waals surface area contributed by atoms with E-state index in [-0.39, 0.29) is 24.4 Å². The van der Waals surface area contributed by atoms with Gasteiger partial charge in [-0.2, -0.15) is 10.4 Å². The van der Waals surface area contributed by atoms with Crippen molar-refractivity contribution in [3.05, 3.63) is 40.8 Å². The fraction of sp³-hybridized carbons (Fsp3) is 0.286. The Morgan fingerprint density at radius 2 is 2.20 bits per heavy atom. The first-order valence-corrected chi connectivity index (χ1v) is 6.19. The molecule has 0 radical (unpaired) electrons. The lowest BCUT2D eigenvalue weighted by atomic mass is 10.2. The molecule has 0 atom stereocenters. The lowest BCUT2D eigenvalue weighted by molar-refractivity contribution is -0.130. The molecule has 0 bridgehead atoms. The maximum atomic E-state index is 12.2. The molecule has 0 fully saturated rings. The van der Waals surface area contributed by atoms with Crippen molar-refractivity contribution >= 4 is 16.7 Å². The largest absolute Gasteiger partial charge is 0.343 e. The minimum atomic E-state index is -0.287. The molecule has 0 saturated heterocycles. The van der Waals surface area contributed by atoms with Gasteiger partial charge in [0.2, 0.25) is 5.91 Å². The average Bonchev–Trinajstić information content (AvgIpc) is 2.47. The van der Waals surface area contributed by atoms with Gasteiger partial charge in [-0.25, -0.2) is 4.68 Å². The van der Waals surface area contributed by atoms with Gasteiger partial charge in [0, 0.05) is 19.0 Å². The van der Waals surface area contributed by atoms with E-state index in [0.29, 0.717) is 11.9 Å². The summed E-state index contributed by atoms with van der Waals surface area (Å²) in [5, 5.41) is 13.8. The molecular formula is C14H14N4O2. The van der Waals surface area contributed by atoms with Gasteiger partial charge in [0.15, 0.2) is 0 Å². The third kappa shape index (κ3) is 2.83. The van der Waals surface area contributed by atoms with Crippen molar-refractivity contribution in [2.45, 2.75) is 13.0 Å². The van der Waals surface area contributed by atoms with Crippen LogP contribution < -0.4 is 5.56 Å². The summed E-state index contributed by atoms with van der Waals surface area (Å²) in [5.74, 6) is -0.245. The van der Waals surface area contributed by atoms with Crippen LogP contribution in [-0.2, 0) is 11.3 Å². The predicted octanol–water partition coefficient (Wildman–Crippen LogP) is 0.769. The Hall–Kier alpha value is -2.68. The van der Waals surface area contributed by atoms with Gasteiger partial charge in [0.05, 0.1) is 24.1 Å². The molecule has 0 aliphatic heterocycles. The van der Waals surface area contributed by atoms with Gasteiger partial charge < -0.3 is 4.90 Å². The monoisotopic (exact) mass is 270 g/mol. The molecule has 20 heavy (non-hydrogen) atoms. The number of benzene rings is 1. The Kier molecular flexibility index (Phi) is 4.11. The highest BCUT2D eigenvalue weighted by atomic mass is 16.2. The van der Waals surface area contributed by atoms with Gasteiger partial charge in [0.25, 0.3) is 5.56 Å². The van der Waals surface area contributed by atoms with Crippen molar-refractivity contribution in [2.24, 2.45) is 0 Å². The Balaban J connectivity index is 2.22. The average molecular weight is 270 g/mol. The topological polar surface area (TPSA) is 79.0 Å².